The Labute approximate surface area is 160 Å². The van der Waals surface area contributed by atoms with Crippen molar-refractivity contribution in [2.75, 3.05) is 18.8 Å². The van der Waals surface area contributed by atoms with Crippen molar-refractivity contribution in [3.63, 3.8) is 0 Å². The third-order valence-electron chi connectivity index (χ3n) is 5.72. The minimum absolute atomic E-state index is 0.181. The van der Waals surface area contributed by atoms with E-state index in [1.54, 1.807) is 18.3 Å². The number of piperidine rings is 1. The van der Waals surface area contributed by atoms with Gasteiger partial charge in [-0.3, -0.25) is 9.79 Å². The number of carbonyl (C=O) groups excluding carboxylic acids is 1. The van der Waals surface area contributed by atoms with Crippen LogP contribution in [0, 0.1) is 5.92 Å². The maximum absolute atomic E-state index is 11.4. The maximum Gasteiger partial charge on any atom is 0.250 e. The van der Waals surface area contributed by atoms with Gasteiger partial charge in [0, 0.05) is 23.7 Å². The number of aliphatic imine (C=N–C) groups is 1. The monoisotopic (exact) mass is 364 g/mol. The van der Waals surface area contributed by atoms with Crippen LogP contribution in [-0.4, -0.2) is 25.2 Å². The highest BCUT2D eigenvalue weighted by Crippen LogP contribution is 2.38. The highest BCUT2D eigenvalue weighted by Gasteiger charge is 2.36. The summed E-state index contributed by atoms with van der Waals surface area (Å²) in [6.07, 6.45) is 4.08. The number of carbonyl (C=O) groups is 1. The molecule has 1 saturated heterocycles. The standard InChI is InChI=1S/C22H28N4O/c1-15(2)22(11-4-12-25-14-22)17-7-9-18(10-8-17)26-13-16-5-3-6-19(20(16)23)21(24)27/h3,5-10,13,15,25H,4,11-12,14,23H2,1-2H3,(H2,24,27). The lowest BCUT2D eigenvalue weighted by atomic mass is 9.67. The normalized spacial score (nSPS) is 20.3. The van der Waals surface area contributed by atoms with Crippen LogP contribution in [0.3, 0.4) is 0 Å². The Morgan fingerprint density at radius 1 is 1.22 bits per heavy atom. The van der Waals surface area contributed by atoms with Crippen LogP contribution in [-0.2, 0) is 5.41 Å². The molecule has 1 aliphatic rings. The lowest BCUT2D eigenvalue weighted by Gasteiger charge is -2.42. The number of anilines is 1. The van der Waals surface area contributed by atoms with Crippen molar-refractivity contribution in [3.05, 3.63) is 59.2 Å². The second-order valence-electron chi connectivity index (χ2n) is 7.57. The summed E-state index contributed by atoms with van der Waals surface area (Å²) in [5, 5.41) is 3.56. The Bertz CT molecular complexity index is 834. The summed E-state index contributed by atoms with van der Waals surface area (Å²) in [6.45, 7) is 6.72. The molecule has 0 saturated carbocycles. The number of rotatable bonds is 5. The van der Waals surface area contributed by atoms with Crippen molar-refractivity contribution in [1.82, 2.24) is 5.32 Å². The summed E-state index contributed by atoms with van der Waals surface area (Å²) in [5.41, 5.74) is 15.1. The Morgan fingerprint density at radius 2 is 1.96 bits per heavy atom. The SMILES string of the molecule is CC(C)C1(c2ccc(N=Cc3cccc(C(N)=O)c3N)cc2)CCCNC1. The van der Waals surface area contributed by atoms with Crippen LogP contribution >= 0.6 is 0 Å². The van der Waals surface area contributed by atoms with Crippen molar-refractivity contribution in [2.24, 2.45) is 16.6 Å². The van der Waals surface area contributed by atoms with Crippen molar-refractivity contribution in [1.29, 1.82) is 0 Å². The molecule has 0 spiro atoms. The summed E-state index contributed by atoms with van der Waals surface area (Å²) in [7, 11) is 0. The van der Waals surface area contributed by atoms with Gasteiger partial charge in [-0.1, -0.05) is 38.1 Å². The molecular weight excluding hydrogens is 336 g/mol. The molecule has 1 aliphatic heterocycles. The number of nitrogens with zero attached hydrogens (tertiary/aromatic N) is 1. The maximum atomic E-state index is 11.4. The topological polar surface area (TPSA) is 93.5 Å². The van der Waals surface area contributed by atoms with Gasteiger partial charge in [-0.15, -0.1) is 0 Å². The minimum atomic E-state index is -0.535. The van der Waals surface area contributed by atoms with E-state index in [0.717, 1.165) is 18.8 Å². The molecule has 2 aromatic carbocycles. The number of amides is 1. The number of primary amides is 1. The van der Waals surface area contributed by atoms with E-state index in [0.29, 0.717) is 22.7 Å². The highest BCUT2D eigenvalue weighted by molar-refractivity contribution is 6.02. The molecule has 1 fully saturated rings. The molecule has 5 heteroatoms. The van der Waals surface area contributed by atoms with Crippen molar-refractivity contribution in [3.8, 4) is 0 Å². The second-order valence-corrected chi connectivity index (χ2v) is 7.57. The molecule has 27 heavy (non-hydrogen) atoms. The Hall–Kier alpha value is -2.66. The number of para-hydroxylation sites is 1. The summed E-state index contributed by atoms with van der Waals surface area (Å²) >= 11 is 0. The van der Waals surface area contributed by atoms with E-state index in [1.165, 1.54) is 18.4 Å². The van der Waals surface area contributed by atoms with E-state index in [2.05, 4.69) is 36.3 Å². The minimum Gasteiger partial charge on any atom is -0.398 e. The predicted octanol–water partition coefficient (Wildman–Crippen LogP) is 3.40. The fourth-order valence-corrected chi connectivity index (χ4v) is 3.94. The van der Waals surface area contributed by atoms with Gasteiger partial charge in [0.25, 0.3) is 5.91 Å². The van der Waals surface area contributed by atoms with Crippen LogP contribution in [0.4, 0.5) is 11.4 Å². The van der Waals surface area contributed by atoms with E-state index >= 15 is 0 Å². The Kier molecular flexibility index (Phi) is 5.61. The van der Waals surface area contributed by atoms with E-state index < -0.39 is 5.91 Å². The quantitative estimate of drug-likeness (QED) is 0.561. The lowest BCUT2D eigenvalue weighted by molar-refractivity contribution is 0.100. The summed E-state index contributed by atoms with van der Waals surface area (Å²) in [6, 6.07) is 13.6. The van der Waals surface area contributed by atoms with Crippen LogP contribution < -0.4 is 16.8 Å². The number of nitrogen functional groups attached to an aromatic ring is 1. The van der Waals surface area contributed by atoms with Gasteiger partial charge in [0.05, 0.1) is 16.9 Å². The van der Waals surface area contributed by atoms with Crippen LogP contribution in [0.15, 0.2) is 47.5 Å². The first-order chi connectivity index (χ1) is 12.9. The molecule has 142 valence electrons. The second kappa shape index (κ2) is 7.92. The van der Waals surface area contributed by atoms with Gasteiger partial charge in [0.1, 0.15) is 0 Å². The van der Waals surface area contributed by atoms with E-state index in [1.807, 2.05) is 18.2 Å². The molecule has 1 heterocycles. The van der Waals surface area contributed by atoms with Crippen LogP contribution in [0.25, 0.3) is 0 Å². The predicted molar refractivity (Wildman–Crippen MR) is 112 cm³/mol. The summed E-state index contributed by atoms with van der Waals surface area (Å²) < 4.78 is 0. The highest BCUT2D eigenvalue weighted by atomic mass is 16.1. The van der Waals surface area contributed by atoms with Gasteiger partial charge in [0.15, 0.2) is 0 Å². The molecule has 0 aliphatic carbocycles. The van der Waals surface area contributed by atoms with E-state index in [9.17, 15) is 4.79 Å². The molecule has 1 atom stereocenters. The zero-order valence-electron chi connectivity index (χ0n) is 16.0. The van der Waals surface area contributed by atoms with Crippen molar-refractivity contribution >= 4 is 23.5 Å². The first-order valence-electron chi connectivity index (χ1n) is 9.47. The molecule has 3 rings (SSSR count). The average molecular weight is 364 g/mol. The first-order valence-corrected chi connectivity index (χ1v) is 9.47. The van der Waals surface area contributed by atoms with Gasteiger partial charge < -0.3 is 16.8 Å². The molecule has 1 unspecified atom stereocenters. The molecule has 2 aromatic rings. The zero-order valence-corrected chi connectivity index (χ0v) is 16.0. The molecular formula is C22H28N4O. The first kappa shape index (κ1) is 19.1. The lowest BCUT2D eigenvalue weighted by Crippen LogP contribution is -2.46. The molecule has 5 nitrogen and oxygen atoms in total. The van der Waals surface area contributed by atoms with Crippen LogP contribution in [0.5, 0.6) is 0 Å². The van der Waals surface area contributed by atoms with Crippen LogP contribution in [0.2, 0.25) is 0 Å². The summed E-state index contributed by atoms with van der Waals surface area (Å²) in [5.74, 6) is 0.0307. The Morgan fingerprint density at radius 3 is 2.56 bits per heavy atom. The Balaban J connectivity index is 1.83. The molecule has 0 bridgehead atoms. The number of nitrogens with two attached hydrogens (primary N) is 2. The molecule has 0 radical (unpaired) electrons. The van der Waals surface area contributed by atoms with E-state index in [4.69, 9.17) is 11.5 Å². The fraction of sp³-hybridized carbons (Fsp3) is 0.364. The molecule has 1 amide bonds. The fourth-order valence-electron chi connectivity index (χ4n) is 3.94. The average Bonchev–Trinajstić information content (AvgIpc) is 2.68. The molecule has 0 aromatic heterocycles. The van der Waals surface area contributed by atoms with E-state index in [-0.39, 0.29) is 5.41 Å². The van der Waals surface area contributed by atoms with Gasteiger partial charge in [-0.2, -0.15) is 0 Å². The smallest absolute Gasteiger partial charge is 0.250 e. The third kappa shape index (κ3) is 3.88. The van der Waals surface area contributed by atoms with Gasteiger partial charge in [-0.25, -0.2) is 0 Å². The van der Waals surface area contributed by atoms with Gasteiger partial charge in [0.2, 0.25) is 0 Å². The number of nitrogens with one attached hydrogen (secondary N) is 1. The van der Waals surface area contributed by atoms with Gasteiger partial charge in [-0.05, 0) is 49.1 Å². The zero-order chi connectivity index (χ0) is 19.4. The van der Waals surface area contributed by atoms with Crippen molar-refractivity contribution in [2.45, 2.75) is 32.1 Å². The number of benzene rings is 2. The number of hydrogen-bond donors (Lipinski definition) is 3. The van der Waals surface area contributed by atoms with Crippen LogP contribution in [0.1, 0.15) is 48.2 Å². The number of hydrogen-bond acceptors (Lipinski definition) is 4. The summed E-state index contributed by atoms with van der Waals surface area (Å²) in [4.78, 5) is 15.9. The third-order valence-corrected chi connectivity index (χ3v) is 5.72. The van der Waals surface area contributed by atoms with Crippen molar-refractivity contribution < 1.29 is 4.79 Å². The molecule has 5 N–H and O–H groups in total. The largest absolute Gasteiger partial charge is 0.398 e. The van der Waals surface area contributed by atoms with Gasteiger partial charge >= 0.3 is 0 Å².